The minimum absolute atomic E-state index is 0.520. The highest BCUT2D eigenvalue weighted by Gasteiger charge is 2.40. The largest absolute Gasteiger partial charge is 0.508 e. The summed E-state index contributed by atoms with van der Waals surface area (Å²) in [6.07, 6.45) is 0. The Morgan fingerprint density at radius 3 is 2.43 bits per heavy atom. The third-order valence-corrected chi connectivity index (χ3v) is 4.01. The van der Waals surface area contributed by atoms with Gasteiger partial charge in [0.05, 0.1) is 18.3 Å². The normalized spacial score (nSPS) is 12.7. The maximum absolute atomic E-state index is 10.3. The quantitative estimate of drug-likeness (QED) is 0.729. The van der Waals surface area contributed by atoms with Crippen molar-refractivity contribution in [1.29, 1.82) is 0 Å². The van der Waals surface area contributed by atoms with E-state index >= 15 is 0 Å². The summed E-state index contributed by atoms with van der Waals surface area (Å²) in [5.41, 5.74) is -0.620. The molecule has 0 unspecified atom stereocenters. The van der Waals surface area contributed by atoms with Gasteiger partial charge in [-0.2, -0.15) is 0 Å². The first kappa shape index (κ1) is 15.9. The molecule has 2 aromatic rings. The summed E-state index contributed by atoms with van der Waals surface area (Å²) in [5, 5.41) is 21.2. The molecule has 0 saturated heterocycles. The first-order valence-electron chi connectivity index (χ1n) is 6.89. The molecule has 0 aliphatic carbocycles. The lowest BCUT2D eigenvalue weighted by Crippen LogP contribution is -2.53. The average Bonchev–Trinajstić information content (AvgIpc) is 2.80. The summed E-state index contributed by atoms with van der Waals surface area (Å²) in [7, 11) is 0.440. The van der Waals surface area contributed by atoms with Gasteiger partial charge in [0.1, 0.15) is 5.75 Å². The van der Waals surface area contributed by atoms with E-state index in [1.165, 1.54) is 0 Å². The van der Waals surface area contributed by atoms with Crippen LogP contribution in [0.1, 0.15) is 27.7 Å². The van der Waals surface area contributed by atoms with Gasteiger partial charge in [0.2, 0.25) is 0 Å². The lowest BCUT2D eigenvalue weighted by Gasteiger charge is -2.38. The molecule has 1 aromatic heterocycles. The van der Waals surface area contributed by atoms with Crippen LogP contribution in [0.3, 0.4) is 0 Å². The number of H-pyrrole nitrogens is 1. The average molecular weight is 291 g/mol. The molecule has 1 aromatic carbocycles. The van der Waals surface area contributed by atoms with Crippen molar-refractivity contribution in [2.45, 2.75) is 38.9 Å². The Morgan fingerprint density at radius 2 is 1.86 bits per heavy atom. The molecule has 0 saturated carbocycles. The van der Waals surface area contributed by atoms with E-state index < -0.39 is 18.3 Å². The minimum atomic E-state index is -1.16. The Morgan fingerprint density at radius 1 is 1.19 bits per heavy atom. The molecular weight excluding hydrogens is 269 g/mol. The molecule has 0 spiro atoms. The SMILES string of the molecule is COc1cccc2[nH]c(B(O)OC(C)(C)C(C)(C)O)cc12. The Hall–Kier alpha value is -1.50. The van der Waals surface area contributed by atoms with Gasteiger partial charge in [0.25, 0.3) is 0 Å². The highest BCUT2D eigenvalue weighted by Crippen LogP contribution is 2.26. The van der Waals surface area contributed by atoms with Crippen molar-refractivity contribution in [2.75, 3.05) is 7.11 Å². The molecule has 6 heteroatoms. The number of fused-ring (bicyclic) bond motifs is 1. The number of aromatic nitrogens is 1. The first-order valence-corrected chi connectivity index (χ1v) is 6.89. The Bertz CT molecular complexity index is 630. The number of benzene rings is 1. The van der Waals surface area contributed by atoms with Crippen molar-refractivity contribution in [3.8, 4) is 5.75 Å². The van der Waals surface area contributed by atoms with Crippen LogP contribution >= 0.6 is 0 Å². The summed E-state index contributed by atoms with van der Waals surface area (Å²) in [6.45, 7) is 6.76. The molecule has 0 amide bonds. The van der Waals surface area contributed by atoms with Gasteiger partial charge in [0.15, 0.2) is 0 Å². The van der Waals surface area contributed by atoms with Crippen molar-refractivity contribution in [3.63, 3.8) is 0 Å². The number of rotatable bonds is 5. The lowest BCUT2D eigenvalue weighted by molar-refractivity contribution is -0.0983. The van der Waals surface area contributed by atoms with Crippen molar-refractivity contribution in [1.82, 2.24) is 4.98 Å². The van der Waals surface area contributed by atoms with Crippen molar-refractivity contribution in [2.24, 2.45) is 0 Å². The van der Waals surface area contributed by atoms with E-state index in [2.05, 4.69) is 4.98 Å². The van der Waals surface area contributed by atoms with E-state index in [1.807, 2.05) is 18.2 Å². The van der Waals surface area contributed by atoms with Gasteiger partial charge >= 0.3 is 7.12 Å². The van der Waals surface area contributed by atoms with E-state index in [0.717, 1.165) is 16.7 Å². The summed E-state index contributed by atoms with van der Waals surface area (Å²) >= 11 is 0. The number of methoxy groups -OCH3 is 1. The van der Waals surface area contributed by atoms with Crippen LogP contribution < -0.4 is 10.3 Å². The molecule has 114 valence electrons. The smallest absolute Gasteiger partial charge is 0.496 e. The predicted octanol–water partition coefficient (Wildman–Crippen LogP) is 1.43. The molecule has 0 atom stereocenters. The van der Waals surface area contributed by atoms with Crippen LogP contribution in [-0.4, -0.2) is 40.5 Å². The van der Waals surface area contributed by atoms with Crippen molar-refractivity contribution in [3.05, 3.63) is 24.3 Å². The Balaban J connectivity index is 2.30. The van der Waals surface area contributed by atoms with Crippen LogP contribution in [0.2, 0.25) is 0 Å². The van der Waals surface area contributed by atoms with E-state index in [-0.39, 0.29) is 0 Å². The van der Waals surface area contributed by atoms with Crippen LogP contribution in [-0.2, 0) is 4.65 Å². The van der Waals surface area contributed by atoms with Gasteiger partial charge in [-0.15, -0.1) is 0 Å². The van der Waals surface area contributed by atoms with E-state index in [1.54, 1.807) is 40.9 Å². The van der Waals surface area contributed by atoms with Gasteiger partial charge in [-0.3, -0.25) is 0 Å². The molecule has 1 heterocycles. The summed E-state index contributed by atoms with van der Waals surface area (Å²) in [6, 6.07) is 7.41. The molecule has 5 nitrogen and oxygen atoms in total. The summed E-state index contributed by atoms with van der Waals surface area (Å²) in [5.74, 6) is 0.726. The van der Waals surface area contributed by atoms with E-state index in [0.29, 0.717) is 5.59 Å². The highest BCUT2D eigenvalue weighted by molar-refractivity contribution is 6.59. The molecule has 0 aliphatic rings. The number of aromatic amines is 1. The van der Waals surface area contributed by atoms with Gasteiger partial charge in [-0.05, 0) is 45.9 Å². The molecule has 0 fully saturated rings. The molecule has 0 radical (unpaired) electrons. The van der Waals surface area contributed by atoms with E-state index in [4.69, 9.17) is 9.39 Å². The molecule has 3 N–H and O–H groups in total. The number of aliphatic hydroxyl groups is 1. The van der Waals surface area contributed by atoms with Gasteiger partial charge in [-0.25, -0.2) is 0 Å². The third kappa shape index (κ3) is 3.07. The summed E-state index contributed by atoms with van der Waals surface area (Å²) in [4.78, 5) is 3.11. The summed E-state index contributed by atoms with van der Waals surface area (Å²) < 4.78 is 10.9. The second-order valence-electron chi connectivity index (χ2n) is 6.19. The first-order chi connectivity index (χ1) is 9.65. The maximum Gasteiger partial charge on any atom is 0.508 e. The van der Waals surface area contributed by atoms with Crippen LogP contribution in [0.15, 0.2) is 24.3 Å². The van der Waals surface area contributed by atoms with Crippen molar-refractivity contribution < 1.29 is 19.5 Å². The van der Waals surface area contributed by atoms with Crippen molar-refractivity contribution >= 4 is 23.6 Å². The zero-order valence-electron chi connectivity index (χ0n) is 13.1. The van der Waals surface area contributed by atoms with Crippen LogP contribution in [0.5, 0.6) is 5.75 Å². The topological polar surface area (TPSA) is 74.7 Å². The monoisotopic (exact) mass is 291 g/mol. The Labute approximate surface area is 125 Å². The third-order valence-electron chi connectivity index (χ3n) is 4.01. The lowest BCUT2D eigenvalue weighted by atomic mass is 9.80. The molecule has 2 rings (SSSR count). The van der Waals surface area contributed by atoms with Crippen LogP contribution in [0.4, 0.5) is 0 Å². The number of nitrogens with one attached hydrogen (secondary N) is 1. The highest BCUT2D eigenvalue weighted by atomic mass is 16.5. The number of hydrogen-bond donors (Lipinski definition) is 3. The fraction of sp³-hybridized carbons (Fsp3) is 0.467. The van der Waals surface area contributed by atoms with E-state index in [9.17, 15) is 10.1 Å². The number of hydrogen-bond acceptors (Lipinski definition) is 4. The minimum Gasteiger partial charge on any atom is -0.496 e. The van der Waals surface area contributed by atoms with Gasteiger partial charge in [-0.1, -0.05) is 6.07 Å². The zero-order chi connectivity index (χ0) is 15.8. The molecule has 0 bridgehead atoms. The second-order valence-corrected chi connectivity index (χ2v) is 6.19. The molecule has 21 heavy (non-hydrogen) atoms. The second kappa shape index (κ2) is 5.37. The fourth-order valence-corrected chi connectivity index (χ4v) is 1.95. The predicted molar refractivity (Wildman–Crippen MR) is 83.9 cm³/mol. The van der Waals surface area contributed by atoms with Gasteiger partial charge in [0, 0.05) is 16.5 Å². The fourth-order valence-electron chi connectivity index (χ4n) is 1.95. The van der Waals surface area contributed by atoms with Crippen LogP contribution in [0.25, 0.3) is 10.9 Å². The maximum atomic E-state index is 10.3. The molecule has 0 aliphatic heterocycles. The van der Waals surface area contributed by atoms with Crippen LogP contribution in [0, 0.1) is 0 Å². The van der Waals surface area contributed by atoms with Gasteiger partial charge < -0.3 is 24.5 Å². The number of ether oxygens (including phenoxy) is 1. The zero-order valence-corrected chi connectivity index (χ0v) is 13.1. The standard InChI is InChI=1S/C15H22BNO4/c1-14(2,18)15(3,4)21-16(19)13-9-10-11(17-13)7-6-8-12(10)20-5/h6-9,17-19H,1-5H3. The molecular formula is C15H22BNO4. The Kier molecular flexibility index (Phi) is 4.06.